The molecule has 0 radical (unpaired) electrons. The number of esters is 1. The highest BCUT2D eigenvalue weighted by Gasteiger charge is 2.03. The van der Waals surface area contributed by atoms with Gasteiger partial charge in [0.15, 0.2) is 0 Å². The first-order chi connectivity index (χ1) is 7.20. The lowest BCUT2D eigenvalue weighted by Gasteiger charge is -2.04. The van der Waals surface area contributed by atoms with Crippen molar-refractivity contribution in [1.82, 2.24) is 5.32 Å². The largest absolute Gasteiger partial charge is 0.466 e. The van der Waals surface area contributed by atoms with Gasteiger partial charge in [-0.3, -0.25) is 9.59 Å². The highest BCUT2D eigenvalue weighted by molar-refractivity contribution is 9.09. The minimum absolute atomic E-state index is 0.000230. The van der Waals surface area contributed by atoms with Crippen molar-refractivity contribution in [2.24, 2.45) is 0 Å². The first kappa shape index (κ1) is 14.4. The number of nitrogens with one attached hydrogen (secondary N) is 1. The Balaban J connectivity index is 3.34. The van der Waals surface area contributed by atoms with E-state index in [1.165, 1.54) is 0 Å². The molecular formula is C10H18BrNO3. The van der Waals surface area contributed by atoms with Crippen LogP contribution < -0.4 is 5.32 Å². The van der Waals surface area contributed by atoms with Gasteiger partial charge in [-0.05, 0) is 19.8 Å². The number of carbonyl (C=O) groups excluding carboxylic acids is 2. The highest BCUT2D eigenvalue weighted by atomic mass is 79.9. The summed E-state index contributed by atoms with van der Waals surface area (Å²) in [5, 5.41) is 3.60. The monoisotopic (exact) mass is 279 g/mol. The van der Waals surface area contributed by atoms with Crippen molar-refractivity contribution in [2.45, 2.75) is 32.6 Å². The third-order valence-corrected chi connectivity index (χ3v) is 2.30. The fourth-order valence-electron chi connectivity index (χ4n) is 1.01. The third kappa shape index (κ3) is 9.72. The van der Waals surface area contributed by atoms with Gasteiger partial charge in [0, 0.05) is 18.3 Å². The molecular weight excluding hydrogens is 262 g/mol. The van der Waals surface area contributed by atoms with E-state index in [1.54, 1.807) is 6.92 Å². The fraction of sp³-hybridized carbons (Fsp3) is 0.800. The Morgan fingerprint density at radius 2 is 2.00 bits per heavy atom. The zero-order valence-corrected chi connectivity index (χ0v) is 10.6. The molecule has 0 atom stereocenters. The molecule has 0 aliphatic rings. The molecule has 0 bridgehead atoms. The molecule has 4 nitrogen and oxygen atoms in total. The Hall–Kier alpha value is -0.580. The van der Waals surface area contributed by atoms with Gasteiger partial charge in [-0.1, -0.05) is 15.9 Å². The summed E-state index contributed by atoms with van der Waals surface area (Å²) in [7, 11) is 0. The summed E-state index contributed by atoms with van der Waals surface area (Å²) in [6.45, 7) is 2.51. The van der Waals surface area contributed by atoms with Crippen LogP contribution in [0.4, 0.5) is 0 Å². The Morgan fingerprint density at radius 3 is 2.60 bits per heavy atom. The van der Waals surface area contributed by atoms with Crippen LogP contribution in [0, 0.1) is 0 Å². The number of carbonyl (C=O) groups is 2. The second kappa shape index (κ2) is 9.96. The van der Waals surface area contributed by atoms with Gasteiger partial charge >= 0.3 is 5.97 Å². The van der Waals surface area contributed by atoms with Gasteiger partial charge in [0.1, 0.15) is 0 Å². The van der Waals surface area contributed by atoms with Crippen molar-refractivity contribution < 1.29 is 14.3 Å². The molecule has 0 aliphatic heterocycles. The molecule has 0 heterocycles. The zero-order valence-electron chi connectivity index (χ0n) is 9.05. The minimum atomic E-state index is -0.266. The van der Waals surface area contributed by atoms with Crippen LogP contribution in [0.3, 0.4) is 0 Å². The van der Waals surface area contributed by atoms with Gasteiger partial charge in [-0.2, -0.15) is 0 Å². The molecule has 1 amide bonds. The zero-order chi connectivity index (χ0) is 11.5. The maximum atomic E-state index is 11.2. The lowest BCUT2D eigenvalue weighted by Crippen LogP contribution is -2.26. The van der Waals surface area contributed by atoms with E-state index < -0.39 is 0 Å². The van der Waals surface area contributed by atoms with Crippen LogP contribution in [0.2, 0.25) is 0 Å². The quantitative estimate of drug-likeness (QED) is 0.417. The van der Waals surface area contributed by atoms with Crippen molar-refractivity contribution in [1.29, 1.82) is 0 Å². The van der Waals surface area contributed by atoms with Crippen molar-refractivity contribution in [3.63, 3.8) is 0 Å². The topological polar surface area (TPSA) is 55.4 Å². The maximum Gasteiger partial charge on any atom is 0.307 e. The average molecular weight is 280 g/mol. The molecule has 0 rings (SSSR count). The van der Waals surface area contributed by atoms with Gasteiger partial charge in [0.2, 0.25) is 5.91 Å². The summed E-state index contributed by atoms with van der Waals surface area (Å²) < 4.78 is 4.73. The van der Waals surface area contributed by atoms with Crippen LogP contribution in [0.1, 0.15) is 32.6 Å². The lowest BCUT2D eigenvalue weighted by atomic mass is 10.2. The molecule has 0 saturated carbocycles. The average Bonchev–Trinajstić information content (AvgIpc) is 2.18. The molecule has 0 unspecified atom stereocenters. The van der Waals surface area contributed by atoms with E-state index in [2.05, 4.69) is 21.2 Å². The maximum absolute atomic E-state index is 11.2. The van der Waals surface area contributed by atoms with Gasteiger partial charge < -0.3 is 10.1 Å². The van der Waals surface area contributed by atoms with E-state index in [1.807, 2.05) is 0 Å². The summed E-state index contributed by atoms with van der Waals surface area (Å²) in [4.78, 5) is 22.1. The van der Waals surface area contributed by atoms with Gasteiger partial charge in [-0.15, -0.1) is 0 Å². The van der Waals surface area contributed by atoms with E-state index in [-0.39, 0.29) is 18.3 Å². The van der Waals surface area contributed by atoms with Crippen LogP contribution in [-0.2, 0) is 14.3 Å². The lowest BCUT2D eigenvalue weighted by molar-refractivity contribution is -0.143. The number of alkyl halides is 1. The van der Waals surface area contributed by atoms with Crippen molar-refractivity contribution in [3.8, 4) is 0 Å². The number of ether oxygens (including phenoxy) is 1. The van der Waals surface area contributed by atoms with E-state index in [4.69, 9.17) is 4.74 Å². The number of unbranched alkanes of at least 4 members (excludes halogenated alkanes) is 1. The van der Waals surface area contributed by atoms with Crippen LogP contribution in [-0.4, -0.2) is 30.4 Å². The number of rotatable bonds is 8. The molecule has 0 saturated heterocycles. The molecule has 1 N–H and O–H groups in total. The van der Waals surface area contributed by atoms with Gasteiger partial charge in [0.05, 0.1) is 13.0 Å². The van der Waals surface area contributed by atoms with Crippen molar-refractivity contribution in [3.05, 3.63) is 0 Å². The second-order valence-electron chi connectivity index (χ2n) is 3.05. The molecule has 0 spiro atoms. The van der Waals surface area contributed by atoms with Gasteiger partial charge in [-0.25, -0.2) is 0 Å². The number of hydrogen-bond donors (Lipinski definition) is 1. The Morgan fingerprint density at radius 1 is 1.27 bits per heavy atom. The van der Waals surface area contributed by atoms with E-state index >= 15 is 0 Å². The number of hydrogen-bond acceptors (Lipinski definition) is 3. The van der Waals surface area contributed by atoms with E-state index in [9.17, 15) is 9.59 Å². The molecule has 15 heavy (non-hydrogen) atoms. The fourth-order valence-corrected chi connectivity index (χ4v) is 1.40. The normalized spacial score (nSPS) is 9.73. The van der Waals surface area contributed by atoms with E-state index in [0.29, 0.717) is 19.6 Å². The first-order valence-corrected chi connectivity index (χ1v) is 6.31. The van der Waals surface area contributed by atoms with E-state index in [0.717, 1.165) is 18.2 Å². The molecule has 0 fully saturated rings. The van der Waals surface area contributed by atoms with Crippen LogP contribution >= 0.6 is 15.9 Å². The summed E-state index contributed by atoms with van der Waals surface area (Å²) in [5.74, 6) is -0.265. The summed E-state index contributed by atoms with van der Waals surface area (Å²) >= 11 is 3.30. The summed E-state index contributed by atoms with van der Waals surface area (Å²) in [6.07, 6.45) is 2.63. The van der Waals surface area contributed by atoms with Crippen LogP contribution in [0.5, 0.6) is 0 Å². The highest BCUT2D eigenvalue weighted by Crippen LogP contribution is 1.98. The molecule has 0 aliphatic carbocycles. The standard InChI is InChI=1S/C10H18BrNO3/c1-2-15-10(14)6-8-12-9(13)5-3-4-7-11/h2-8H2,1H3,(H,12,13). The van der Waals surface area contributed by atoms with Crippen molar-refractivity contribution in [2.75, 3.05) is 18.5 Å². The predicted octanol–water partition coefficient (Wildman–Crippen LogP) is 1.62. The number of amides is 1. The smallest absolute Gasteiger partial charge is 0.307 e. The van der Waals surface area contributed by atoms with Crippen molar-refractivity contribution >= 4 is 27.8 Å². The Bertz CT molecular complexity index is 197. The Kier molecular flexibility index (Phi) is 9.57. The molecule has 0 aromatic rings. The minimum Gasteiger partial charge on any atom is -0.466 e. The molecule has 88 valence electrons. The first-order valence-electron chi connectivity index (χ1n) is 5.19. The summed E-state index contributed by atoms with van der Waals surface area (Å²) in [5.41, 5.74) is 0. The number of halogens is 1. The third-order valence-electron chi connectivity index (χ3n) is 1.74. The molecule has 0 aromatic heterocycles. The predicted molar refractivity (Wildman–Crippen MR) is 61.9 cm³/mol. The second-order valence-corrected chi connectivity index (χ2v) is 3.84. The SMILES string of the molecule is CCOC(=O)CCNC(=O)CCCCBr. The van der Waals surface area contributed by atoms with Crippen LogP contribution in [0.25, 0.3) is 0 Å². The Labute approximate surface area is 98.9 Å². The molecule has 5 heteroatoms. The van der Waals surface area contributed by atoms with Crippen LogP contribution in [0.15, 0.2) is 0 Å². The van der Waals surface area contributed by atoms with Gasteiger partial charge in [0.25, 0.3) is 0 Å². The molecule has 0 aromatic carbocycles. The summed E-state index contributed by atoms with van der Waals surface area (Å²) in [6, 6.07) is 0.